The van der Waals surface area contributed by atoms with Gasteiger partial charge in [-0.25, -0.2) is 0 Å². The second-order valence-electron chi connectivity index (χ2n) is 8.52. The summed E-state index contributed by atoms with van der Waals surface area (Å²) in [6, 6.07) is 0. The predicted molar refractivity (Wildman–Crippen MR) is 94.7 cm³/mol. The van der Waals surface area contributed by atoms with Crippen LogP contribution in [0.25, 0.3) is 0 Å². The van der Waals surface area contributed by atoms with Crippen LogP contribution in [-0.2, 0) is 0 Å². The molecular formula is C21H29NO2. The molecule has 0 aliphatic heterocycles. The SMILES string of the molecule is C#C[C@]1(O)CCC2[C@@H]3CCC4=C/C(=N/O)CC[C@@H]4[C@H]3CC[C@@]21CC. The van der Waals surface area contributed by atoms with Crippen LogP contribution in [0.1, 0.15) is 64.7 Å². The molecule has 2 N–H and O–H groups in total. The second kappa shape index (κ2) is 5.63. The molecule has 3 heteroatoms. The van der Waals surface area contributed by atoms with Crippen molar-refractivity contribution >= 4 is 5.71 Å². The minimum atomic E-state index is -0.892. The van der Waals surface area contributed by atoms with Crippen molar-refractivity contribution in [2.75, 3.05) is 0 Å². The molecule has 0 heterocycles. The lowest BCUT2D eigenvalue weighted by Gasteiger charge is -2.56. The zero-order valence-corrected chi connectivity index (χ0v) is 14.7. The molecule has 3 fully saturated rings. The van der Waals surface area contributed by atoms with Crippen molar-refractivity contribution in [3.05, 3.63) is 11.6 Å². The molecule has 4 rings (SSSR count). The molecule has 6 atom stereocenters. The van der Waals surface area contributed by atoms with E-state index in [-0.39, 0.29) is 5.41 Å². The zero-order valence-electron chi connectivity index (χ0n) is 14.7. The van der Waals surface area contributed by atoms with Crippen LogP contribution >= 0.6 is 0 Å². The maximum Gasteiger partial charge on any atom is 0.131 e. The lowest BCUT2D eigenvalue weighted by atomic mass is 9.49. The summed E-state index contributed by atoms with van der Waals surface area (Å²) in [7, 11) is 0. The number of rotatable bonds is 1. The third kappa shape index (κ3) is 1.99. The largest absolute Gasteiger partial charge is 0.411 e. The maximum atomic E-state index is 11.1. The molecule has 1 unspecified atom stereocenters. The molecule has 3 nitrogen and oxygen atoms in total. The Labute approximate surface area is 145 Å². The number of nitrogens with zero attached hydrogens (tertiary/aromatic N) is 1. The number of hydrogen-bond acceptors (Lipinski definition) is 3. The van der Waals surface area contributed by atoms with Crippen LogP contribution in [0.3, 0.4) is 0 Å². The molecule has 4 aliphatic carbocycles. The van der Waals surface area contributed by atoms with Gasteiger partial charge in [-0.05, 0) is 87.5 Å². The van der Waals surface area contributed by atoms with Gasteiger partial charge in [0.15, 0.2) is 0 Å². The van der Waals surface area contributed by atoms with Gasteiger partial charge in [0.05, 0.1) is 5.71 Å². The Morgan fingerprint density at radius 1 is 1.21 bits per heavy atom. The van der Waals surface area contributed by atoms with Crippen LogP contribution in [0.4, 0.5) is 0 Å². The predicted octanol–water partition coefficient (Wildman–Crippen LogP) is 4.14. The Kier molecular flexibility index (Phi) is 3.80. The molecule has 0 spiro atoms. The molecule has 0 aromatic heterocycles. The molecule has 4 aliphatic rings. The first kappa shape index (κ1) is 16.2. The van der Waals surface area contributed by atoms with Gasteiger partial charge in [-0.15, -0.1) is 6.42 Å². The fraction of sp³-hybridized carbons (Fsp3) is 0.762. The maximum absolute atomic E-state index is 11.1. The average molecular weight is 327 g/mol. The first-order valence-corrected chi connectivity index (χ1v) is 9.70. The highest BCUT2D eigenvalue weighted by molar-refractivity contribution is 5.96. The van der Waals surface area contributed by atoms with Crippen molar-refractivity contribution in [3.63, 3.8) is 0 Å². The van der Waals surface area contributed by atoms with E-state index < -0.39 is 5.60 Å². The Morgan fingerprint density at radius 2 is 2.04 bits per heavy atom. The van der Waals surface area contributed by atoms with Gasteiger partial charge < -0.3 is 10.3 Å². The van der Waals surface area contributed by atoms with Crippen LogP contribution in [0.2, 0.25) is 0 Å². The van der Waals surface area contributed by atoms with E-state index in [1.165, 1.54) is 18.4 Å². The van der Waals surface area contributed by atoms with E-state index in [2.05, 4.69) is 24.1 Å². The summed E-state index contributed by atoms with van der Waals surface area (Å²) < 4.78 is 0. The summed E-state index contributed by atoms with van der Waals surface area (Å²) in [6.07, 6.45) is 17.4. The molecule has 130 valence electrons. The third-order valence-electron chi connectivity index (χ3n) is 8.16. The molecule has 0 amide bonds. The summed E-state index contributed by atoms with van der Waals surface area (Å²) >= 11 is 0. The van der Waals surface area contributed by atoms with Gasteiger partial charge in [0.2, 0.25) is 0 Å². The van der Waals surface area contributed by atoms with Crippen LogP contribution < -0.4 is 0 Å². The highest BCUT2D eigenvalue weighted by Crippen LogP contribution is 2.66. The number of oxime groups is 1. The number of hydrogen-bond donors (Lipinski definition) is 2. The van der Waals surface area contributed by atoms with E-state index in [0.717, 1.165) is 56.6 Å². The molecule has 0 aromatic carbocycles. The first-order chi connectivity index (χ1) is 11.6. The molecule has 0 saturated heterocycles. The van der Waals surface area contributed by atoms with Gasteiger partial charge in [-0.3, -0.25) is 0 Å². The Balaban J connectivity index is 1.65. The summed E-state index contributed by atoms with van der Waals surface area (Å²) in [6.45, 7) is 2.22. The standard InChI is InChI=1S/C21H29NO2/c1-3-20-11-9-17-16-8-6-15(22-24)13-14(16)5-7-18(17)19(20)10-12-21(20,23)4-2/h2,13,16-19,23-24H,3,5-12H2,1H3/b22-15+/t16-,17+,18+,19?,20-,21-/m0/s1. The quantitative estimate of drug-likeness (QED) is 0.432. The zero-order chi connectivity index (χ0) is 16.9. The van der Waals surface area contributed by atoms with Crippen LogP contribution in [0.5, 0.6) is 0 Å². The fourth-order valence-electron chi connectivity index (χ4n) is 7.05. The Hall–Kier alpha value is -1.27. The topological polar surface area (TPSA) is 52.8 Å². The van der Waals surface area contributed by atoms with Gasteiger partial charge in [0.25, 0.3) is 0 Å². The Morgan fingerprint density at radius 3 is 2.75 bits per heavy atom. The summed E-state index contributed by atoms with van der Waals surface area (Å²) in [4.78, 5) is 0. The van der Waals surface area contributed by atoms with Gasteiger partial charge >= 0.3 is 0 Å². The summed E-state index contributed by atoms with van der Waals surface area (Å²) in [5.41, 5.74) is 1.40. The van der Waals surface area contributed by atoms with Gasteiger partial charge in [0.1, 0.15) is 5.60 Å². The van der Waals surface area contributed by atoms with Gasteiger partial charge in [-0.1, -0.05) is 23.6 Å². The summed E-state index contributed by atoms with van der Waals surface area (Å²) in [5, 5.41) is 23.7. The smallest absolute Gasteiger partial charge is 0.131 e. The third-order valence-corrected chi connectivity index (χ3v) is 8.16. The lowest BCUT2D eigenvalue weighted by Crippen LogP contribution is -2.53. The molecular weight excluding hydrogens is 298 g/mol. The number of aliphatic hydroxyl groups is 1. The minimum Gasteiger partial charge on any atom is -0.411 e. The van der Waals surface area contributed by atoms with Crippen LogP contribution in [0, 0.1) is 41.4 Å². The fourth-order valence-corrected chi connectivity index (χ4v) is 7.05. The van der Waals surface area contributed by atoms with Crippen LogP contribution in [0.15, 0.2) is 16.8 Å². The van der Waals surface area contributed by atoms with Crippen molar-refractivity contribution in [2.24, 2.45) is 34.2 Å². The van der Waals surface area contributed by atoms with Gasteiger partial charge in [-0.2, -0.15) is 0 Å². The minimum absolute atomic E-state index is 0.0590. The first-order valence-electron chi connectivity index (χ1n) is 9.70. The van der Waals surface area contributed by atoms with E-state index in [9.17, 15) is 5.11 Å². The Bertz CT molecular complexity index is 630. The number of allylic oxidation sites excluding steroid dienone is 2. The molecule has 0 aromatic rings. The number of fused-ring (bicyclic) bond motifs is 5. The number of terminal acetylenes is 1. The molecule has 0 radical (unpaired) electrons. The highest BCUT2D eigenvalue weighted by Gasteiger charge is 2.63. The second-order valence-corrected chi connectivity index (χ2v) is 8.52. The molecule has 3 saturated carbocycles. The molecule has 0 bridgehead atoms. The van der Waals surface area contributed by atoms with Crippen molar-refractivity contribution in [1.29, 1.82) is 0 Å². The summed E-state index contributed by atoms with van der Waals surface area (Å²) in [5.74, 6) is 5.47. The van der Waals surface area contributed by atoms with E-state index in [1.54, 1.807) is 0 Å². The normalized spacial score (nSPS) is 48.9. The average Bonchev–Trinajstić information content (AvgIpc) is 2.94. The van der Waals surface area contributed by atoms with Crippen molar-refractivity contribution in [1.82, 2.24) is 0 Å². The monoisotopic (exact) mass is 327 g/mol. The van der Waals surface area contributed by atoms with E-state index in [1.807, 2.05) is 0 Å². The van der Waals surface area contributed by atoms with E-state index in [4.69, 9.17) is 11.6 Å². The van der Waals surface area contributed by atoms with Crippen molar-refractivity contribution in [2.45, 2.75) is 70.3 Å². The lowest BCUT2D eigenvalue weighted by molar-refractivity contribution is -0.0989. The van der Waals surface area contributed by atoms with E-state index in [0.29, 0.717) is 17.8 Å². The highest BCUT2D eigenvalue weighted by atomic mass is 16.4. The van der Waals surface area contributed by atoms with Crippen molar-refractivity contribution in [3.8, 4) is 12.3 Å². The molecule has 24 heavy (non-hydrogen) atoms. The van der Waals surface area contributed by atoms with E-state index >= 15 is 0 Å². The van der Waals surface area contributed by atoms with Crippen molar-refractivity contribution < 1.29 is 10.3 Å². The van der Waals surface area contributed by atoms with Gasteiger partial charge in [0, 0.05) is 5.41 Å². The van der Waals surface area contributed by atoms with Crippen LogP contribution in [-0.4, -0.2) is 21.6 Å².